The number of aromatic nitrogens is 4. The Balaban J connectivity index is 0.00000272. The molecule has 3 heterocycles. The van der Waals surface area contributed by atoms with E-state index in [0.717, 1.165) is 49.4 Å². The highest BCUT2D eigenvalue weighted by Gasteiger charge is 2.22. The topological polar surface area (TPSA) is 83.3 Å². The van der Waals surface area contributed by atoms with Crippen molar-refractivity contribution in [2.75, 3.05) is 18.0 Å². The van der Waals surface area contributed by atoms with Gasteiger partial charge in [0, 0.05) is 38.4 Å². The summed E-state index contributed by atoms with van der Waals surface area (Å²) in [7, 11) is 2.00. The molecule has 8 nitrogen and oxygen atoms in total. The molecule has 1 aliphatic carbocycles. The largest absolute Gasteiger partial charge is 0.356 e. The molecule has 0 bridgehead atoms. The number of hydrogen-bond donors (Lipinski definition) is 2. The van der Waals surface area contributed by atoms with Gasteiger partial charge in [-0.1, -0.05) is 25.3 Å². The van der Waals surface area contributed by atoms with E-state index in [4.69, 9.17) is 4.99 Å². The van der Waals surface area contributed by atoms with Crippen molar-refractivity contribution in [1.82, 2.24) is 30.4 Å². The van der Waals surface area contributed by atoms with E-state index in [0.29, 0.717) is 18.6 Å². The van der Waals surface area contributed by atoms with E-state index in [1.165, 1.54) is 32.1 Å². The molecule has 0 unspecified atom stereocenters. The van der Waals surface area contributed by atoms with Crippen LogP contribution in [0.15, 0.2) is 29.4 Å². The number of nitrogens with zero attached hydrogens (tertiary/aromatic N) is 6. The first-order valence-corrected chi connectivity index (χ1v) is 11.3. The second-order valence-corrected chi connectivity index (χ2v) is 8.46. The Kier molecular flexibility index (Phi) is 8.91. The fourth-order valence-electron chi connectivity index (χ4n) is 4.30. The zero-order chi connectivity index (χ0) is 20.8. The average Bonchev–Trinajstić information content (AvgIpc) is 3.11. The molecular formula is C22H35IN8. The molecule has 2 aliphatic rings. The van der Waals surface area contributed by atoms with Crippen molar-refractivity contribution in [1.29, 1.82) is 0 Å². The third-order valence-electron chi connectivity index (χ3n) is 6.32. The maximum absolute atomic E-state index is 4.88. The van der Waals surface area contributed by atoms with Crippen molar-refractivity contribution in [3.63, 3.8) is 0 Å². The number of nitrogens with one attached hydrogen (secondary N) is 2. The number of pyridine rings is 1. The summed E-state index contributed by atoms with van der Waals surface area (Å²) in [6, 6.07) is 7.05. The Morgan fingerprint density at radius 3 is 2.35 bits per heavy atom. The summed E-state index contributed by atoms with van der Waals surface area (Å²) in [5, 5.41) is 15.8. The van der Waals surface area contributed by atoms with Gasteiger partial charge in [0.25, 0.3) is 0 Å². The van der Waals surface area contributed by atoms with Crippen molar-refractivity contribution in [3.05, 3.63) is 36.0 Å². The lowest BCUT2D eigenvalue weighted by atomic mass is 9.95. The number of halogens is 1. The van der Waals surface area contributed by atoms with Crippen molar-refractivity contribution in [2.45, 2.75) is 70.5 Å². The molecule has 1 saturated heterocycles. The van der Waals surface area contributed by atoms with E-state index in [9.17, 15) is 0 Å². The zero-order valence-corrected chi connectivity index (χ0v) is 21.0. The standard InChI is InChI=1S/C22H34N8.HI/c1-17-27-28-21(29(17)2)16-24-22(25-18-8-4-3-5-9-18)26-19-11-14-30(15-12-19)20-10-6-7-13-23-20;/h6-7,10,13,18-19H,3-5,8-9,11-12,14-16H2,1-2H3,(H2,24,25,26);1H. The third kappa shape index (κ3) is 6.54. The minimum Gasteiger partial charge on any atom is -0.356 e. The van der Waals surface area contributed by atoms with Gasteiger partial charge in [-0.15, -0.1) is 34.2 Å². The number of aryl methyl sites for hydroxylation is 1. The van der Waals surface area contributed by atoms with E-state index in [-0.39, 0.29) is 24.0 Å². The summed E-state index contributed by atoms with van der Waals surface area (Å²) >= 11 is 0. The Morgan fingerprint density at radius 2 is 1.74 bits per heavy atom. The van der Waals surface area contributed by atoms with E-state index in [1.54, 1.807) is 0 Å². The van der Waals surface area contributed by atoms with Gasteiger partial charge in [-0.3, -0.25) is 0 Å². The van der Waals surface area contributed by atoms with E-state index >= 15 is 0 Å². The quantitative estimate of drug-likeness (QED) is 0.346. The van der Waals surface area contributed by atoms with Gasteiger partial charge in [-0.05, 0) is 44.7 Å². The van der Waals surface area contributed by atoms with Gasteiger partial charge in [0.2, 0.25) is 0 Å². The van der Waals surface area contributed by atoms with E-state index in [2.05, 4.69) is 42.8 Å². The number of hydrogen-bond acceptors (Lipinski definition) is 5. The maximum atomic E-state index is 4.88. The smallest absolute Gasteiger partial charge is 0.192 e. The van der Waals surface area contributed by atoms with Crippen LogP contribution in [0.5, 0.6) is 0 Å². The van der Waals surface area contributed by atoms with E-state index < -0.39 is 0 Å². The van der Waals surface area contributed by atoms with Gasteiger partial charge in [0.1, 0.15) is 18.2 Å². The Bertz CT molecular complexity index is 823. The summed E-state index contributed by atoms with van der Waals surface area (Å²) in [5.74, 6) is 3.79. The molecule has 0 spiro atoms. The van der Waals surface area contributed by atoms with Crippen molar-refractivity contribution < 1.29 is 0 Å². The highest BCUT2D eigenvalue weighted by Crippen LogP contribution is 2.19. The SMILES string of the molecule is Cc1nnc(CN=C(NC2CCCCC2)NC2CCN(c3ccccn3)CC2)n1C.I. The Hall–Kier alpha value is -1.91. The molecule has 0 radical (unpaired) electrons. The minimum absolute atomic E-state index is 0. The molecule has 4 rings (SSSR count). The summed E-state index contributed by atoms with van der Waals surface area (Å²) in [6.07, 6.45) is 10.4. The molecule has 0 aromatic carbocycles. The summed E-state index contributed by atoms with van der Waals surface area (Å²) in [4.78, 5) is 11.7. The van der Waals surface area contributed by atoms with Crippen LogP contribution in [0.25, 0.3) is 0 Å². The van der Waals surface area contributed by atoms with Crippen molar-refractivity contribution in [3.8, 4) is 0 Å². The van der Waals surface area contributed by atoms with Gasteiger partial charge < -0.3 is 20.1 Å². The molecule has 2 N–H and O–H groups in total. The molecule has 9 heteroatoms. The van der Waals surface area contributed by atoms with Crippen LogP contribution >= 0.6 is 24.0 Å². The van der Waals surface area contributed by atoms with Crippen molar-refractivity contribution >= 4 is 35.8 Å². The molecule has 170 valence electrons. The van der Waals surface area contributed by atoms with Gasteiger partial charge in [0.05, 0.1) is 0 Å². The van der Waals surface area contributed by atoms with Gasteiger partial charge in [0.15, 0.2) is 11.8 Å². The number of aliphatic imine (C=N–C) groups is 1. The molecule has 31 heavy (non-hydrogen) atoms. The molecule has 0 atom stereocenters. The molecule has 1 saturated carbocycles. The van der Waals surface area contributed by atoms with Crippen LogP contribution in [-0.2, 0) is 13.6 Å². The average molecular weight is 538 g/mol. The van der Waals surface area contributed by atoms with Crippen LogP contribution in [0, 0.1) is 6.92 Å². The normalized spacial score (nSPS) is 18.5. The lowest BCUT2D eigenvalue weighted by Crippen LogP contribution is -2.51. The lowest BCUT2D eigenvalue weighted by molar-refractivity contribution is 0.401. The number of anilines is 1. The first kappa shape index (κ1) is 23.7. The molecule has 2 fully saturated rings. The van der Waals surface area contributed by atoms with Crippen LogP contribution in [0.1, 0.15) is 56.6 Å². The summed E-state index contributed by atoms with van der Waals surface area (Å²) in [6.45, 7) is 4.52. The van der Waals surface area contributed by atoms with Crippen molar-refractivity contribution in [2.24, 2.45) is 12.0 Å². The molecule has 0 amide bonds. The highest BCUT2D eigenvalue weighted by molar-refractivity contribution is 14.0. The first-order valence-electron chi connectivity index (χ1n) is 11.3. The second kappa shape index (κ2) is 11.6. The molecule has 1 aliphatic heterocycles. The minimum atomic E-state index is 0. The fraction of sp³-hybridized carbons (Fsp3) is 0.636. The Morgan fingerprint density at radius 1 is 1.03 bits per heavy atom. The molecular weight excluding hydrogens is 503 g/mol. The van der Waals surface area contributed by atoms with Crippen LogP contribution in [0.3, 0.4) is 0 Å². The maximum Gasteiger partial charge on any atom is 0.192 e. The van der Waals surface area contributed by atoms with Gasteiger partial charge in [-0.2, -0.15) is 0 Å². The van der Waals surface area contributed by atoms with Crippen LogP contribution in [0.4, 0.5) is 5.82 Å². The second-order valence-electron chi connectivity index (χ2n) is 8.46. The molecule has 2 aromatic heterocycles. The van der Waals surface area contributed by atoms with Crippen LogP contribution in [0.2, 0.25) is 0 Å². The molecule has 2 aromatic rings. The fourth-order valence-corrected chi connectivity index (χ4v) is 4.30. The van der Waals surface area contributed by atoms with E-state index in [1.807, 2.05) is 30.8 Å². The first-order chi connectivity index (χ1) is 14.7. The Labute approximate surface area is 202 Å². The zero-order valence-electron chi connectivity index (χ0n) is 18.6. The summed E-state index contributed by atoms with van der Waals surface area (Å²) in [5.41, 5.74) is 0. The number of piperidine rings is 1. The van der Waals surface area contributed by atoms with Gasteiger partial charge >= 0.3 is 0 Å². The van der Waals surface area contributed by atoms with Crippen LogP contribution in [-0.4, -0.2) is 50.9 Å². The van der Waals surface area contributed by atoms with Gasteiger partial charge in [-0.25, -0.2) is 9.98 Å². The number of rotatable bonds is 5. The summed E-state index contributed by atoms with van der Waals surface area (Å²) < 4.78 is 2.01. The predicted octanol–water partition coefficient (Wildman–Crippen LogP) is 3.17. The van der Waals surface area contributed by atoms with Crippen LogP contribution < -0.4 is 15.5 Å². The predicted molar refractivity (Wildman–Crippen MR) is 135 cm³/mol. The monoisotopic (exact) mass is 538 g/mol. The number of guanidine groups is 1. The highest BCUT2D eigenvalue weighted by atomic mass is 127. The lowest BCUT2D eigenvalue weighted by Gasteiger charge is -2.34. The third-order valence-corrected chi connectivity index (χ3v) is 6.32.